The van der Waals surface area contributed by atoms with Crippen molar-refractivity contribution in [2.24, 2.45) is 0 Å². The predicted molar refractivity (Wildman–Crippen MR) is 79.0 cm³/mol. The molecule has 0 unspecified atom stereocenters. The Morgan fingerprint density at radius 1 is 1.47 bits per heavy atom. The number of carbonyl (C=O) groups excluding carboxylic acids is 1. The van der Waals surface area contributed by atoms with Crippen molar-refractivity contribution in [3.63, 3.8) is 0 Å². The van der Waals surface area contributed by atoms with Gasteiger partial charge in [0.05, 0.1) is 10.5 Å². The van der Waals surface area contributed by atoms with Crippen LogP contribution in [0.15, 0.2) is 29.2 Å². The molecule has 1 aromatic carbocycles. The van der Waals surface area contributed by atoms with E-state index in [0.717, 1.165) is 0 Å². The number of likely N-dealkylation sites (N-methyl/N-ethyl adjacent to an activating group) is 1. The van der Waals surface area contributed by atoms with Crippen molar-refractivity contribution < 1.29 is 14.7 Å². The van der Waals surface area contributed by atoms with Crippen LogP contribution in [0, 0.1) is 0 Å². The molecule has 1 fully saturated rings. The van der Waals surface area contributed by atoms with Crippen LogP contribution in [-0.2, 0) is 4.79 Å². The van der Waals surface area contributed by atoms with Crippen molar-refractivity contribution in [3.05, 3.63) is 40.3 Å². The fraction of sp³-hybridized carbons (Fsp3) is 0.154. The molecule has 0 spiro atoms. The van der Waals surface area contributed by atoms with Crippen molar-refractivity contribution in [3.8, 4) is 0 Å². The van der Waals surface area contributed by atoms with Crippen molar-refractivity contribution in [2.75, 3.05) is 6.54 Å². The topological polar surface area (TPSA) is 57.6 Å². The minimum absolute atomic E-state index is 0.169. The first-order valence-electron chi connectivity index (χ1n) is 5.62. The number of carboxylic acids is 1. The Kier molecular flexibility index (Phi) is 4.01. The Morgan fingerprint density at radius 2 is 2.16 bits per heavy atom. The number of carboxylic acid groups (broad SMARTS) is 1. The maximum Gasteiger partial charge on any atom is 0.336 e. The number of thioether (sulfide) groups is 1. The van der Waals surface area contributed by atoms with Crippen molar-refractivity contribution in [1.29, 1.82) is 0 Å². The Labute approximate surface area is 120 Å². The number of thiocarbonyl (C=S) groups is 1. The predicted octanol–water partition coefficient (Wildman–Crippen LogP) is 2.61. The third kappa shape index (κ3) is 2.69. The zero-order valence-electron chi connectivity index (χ0n) is 10.1. The molecule has 4 nitrogen and oxygen atoms in total. The summed E-state index contributed by atoms with van der Waals surface area (Å²) < 4.78 is 0.506. The second kappa shape index (κ2) is 5.54. The highest BCUT2D eigenvalue weighted by molar-refractivity contribution is 8.26. The number of hydrogen-bond donors (Lipinski definition) is 1. The molecule has 0 aliphatic carbocycles. The normalized spacial score (nSPS) is 17.3. The fourth-order valence-electron chi connectivity index (χ4n) is 1.73. The monoisotopic (exact) mass is 293 g/mol. The first-order valence-corrected chi connectivity index (χ1v) is 6.84. The van der Waals surface area contributed by atoms with Gasteiger partial charge in [-0.2, -0.15) is 0 Å². The Balaban J connectivity index is 2.41. The van der Waals surface area contributed by atoms with E-state index in [-0.39, 0.29) is 11.5 Å². The lowest BCUT2D eigenvalue weighted by Gasteiger charge is -2.09. The second-order valence-corrected chi connectivity index (χ2v) is 5.49. The zero-order chi connectivity index (χ0) is 14.0. The summed E-state index contributed by atoms with van der Waals surface area (Å²) >= 11 is 6.30. The van der Waals surface area contributed by atoms with E-state index >= 15 is 0 Å². The first-order chi connectivity index (χ1) is 9.04. The minimum Gasteiger partial charge on any atom is -0.478 e. The van der Waals surface area contributed by atoms with Crippen LogP contribution in [0.3, 0.4) is 0 Å². The van der Waals surface area contributed by atoms with Gasteiger partial charge in [-0.1, -0.05) is 42.2 Å². The lowest BCUT2D eigenvalue weighted by molar-refractivity contribution is -0.121. The fourth-order valence-corrected chi connectivity index (χ4v) is 3.11. The van der Waals surface area contributed by atoms with Gasteiger partial charge in [0.15, 0.2) is 0 Å². The molecular formula is C13H11NO3S2. The van der Waals surface area contributed by atoms with Gasteiger partial charge < -0.3 is 5.11 Å². The average Bonchev–Trinajstić information content (AvgIpc) is 2.64. The molecule has 0 atom stereocenters. The number of amides is 1. The largest absolute Gasteiger partial charge is 0.478 e. The molecule has 0 bridgehead atoms. The zero-order valence-corrected chi connectivity index (χ0v) is 11.8. The number of rotatable bonds is 3. The van der Waals surface area contributed by atoms with Crippen LogP contribution in [0.1, 0.15) is 22.8 Å². The molecule has 1 N–H and O–H groups in total. The minimum atomic E-state index is -1.02. The van der Waals surface area contributed by atoms with Gasteiger partial charge in [0, 0.05) is 6.54 Å². The van der Waals surface area contributed by atoms with Crippen LogP contribution in [0.5, 0.6) is 0 Å². The summed E-state index contributed by atoms with van der Waals surface area (Å²) in [6, 6.07) is 6.56. The van der Waals surface area contributed by atoms with E-state index in [4.69, 9.17) is 17.3 Å². The SMILES string of the molecule is CCN1C(=O)/C(=C/c2ccccc2C(=O)O)SC1=S. The Hall–Kier alpha value is -1.66. The third-order valence-electron chi connectivity index (χ3n) is 2.67. The van der Waals surface area contributed by atoms with Gasteiger partial charge in [-0.25, -0.2) is 4.79 Å². The quantitative estimate of drug-likeness (QED) is 0.686. The van der Waals surface area contributed by atoms with Crippen LogP contribution in [0.4, 0.5) is 0 Å². The molecule has 1 amide bonds. The maximum absolute atomic E-state index is 12.0. The molecule has 0 saturated carbocycles. The van der Waals surface area contributed by atoms with Crippen molar-refractivity contribution >= 4 is 46.3 Å². The molecule has 1 heterocycles. The van der Waals surface area contributed by atoms with Crippen LogP contribution >= 0.6 is 24.0 Å². The summed E-state index contributed by atoms with van der Waals surface area (Å²) in [6.07, 6.45) is 1.58. The highest BCUT2D eigenvalue weighted by Crippen LogP contribution is 2.32. The molecule has 19 heavy (non-hydrogen) atoms. The summed E-state index contributed by atoms with van der Waals surface area (Å²) in [5.74, 6) is -1.18. The van der Waals surface area contributed by atoms with Crippen LogP contribution in [0.2, 0.25) is 0 Å². The van der Waals surface area contributed by atoms with Gasteiger partial charge in [0.25, 0.3) is 5.91 Å². The lowest BCUT2D eigenvalue weighted by atomic mass is 10.1. The van der Waals surface area contributed by atoms with Gasteiger partial charge in [-0.3, -0.25) is 9.69 Å². The maximum atomic E-state index is 12.0. The number of nitrogens with zero attached hydrogens (tertiary/aromatic N) is 1. The molecule has 1 aliphatic heterocycles. The standard InChI is InChI=1S/C13H11NO3S2/c1-2-14-11(15)10(19-13(14)18)7-8-5-3-4-6-9(8)12(16)17/h3-7H,2H2,1H3,(H,16,17)/b10-7-. The number of carbonyl (C=O) groups is 2. The molecule has 1 aliphatic rings. The lowest BCUT2D eigenvalue weighted by Crippen LogP contribution is -2.27. The highest BCUT2D eigenvalue weighted by atomic mass is 32.2. The van der Waals surface area contributed by atoms with Gasteiger partial charge in [-0.05, 0) is 24.6 Å². The van der Waals surface area contributed by atoms with Crippen LogP contribution in [0.25, 0.3) is 6.08 Å². The van der Waals surface area contributed by atoms with Gasteiger partial charge in [-0.15, -0.1) is 0 Å². The molecule has 98 valence electrons. The molecule has 1 aromatic rings. The summed E-state index contributed by atoms with van der Waals surface area (Å²) in [4.78, 5) is 25.1. The first kappa shape index (κ1) is 13.8. The smallest absolute Gasteiger partial charge is 0.336 e. The summed E-state index contributed by atoms with van der Waals surface area (Å²) in [5, 5.41) is 9.10. The molecule has 0 radical (unpaired) electrons. The van der Waals surface area contributed by atoms with E-state index < -0.39 is 5.97 Å². The molecule has 0 aromatic heterocycles. The van der Waals surface area contributed by atoms with Crippen LogP contribution in [-0.4, -0.2) is 32.7 Å². The van der Waals surface area contributed by atoms with Crippen molar-refractivity contribution in [2.45, 2.75) is 6.92 Å². The second-order valence-electron chi connectivity index (χ2n) is 3.82. The van der Waals surface area contributed by atoms with E-state index in [1.165, 1.54) is 22.7 Å². The summed E-state index contributed by atoms with van der Waals surface area (Å²) in [7, 11) is 0. The number of hydrogen-bond acceptors (Lipinski definition) is 4. The van der Waals surface area contributed by atoms with E-state index in [2.05, 4.69) is 0 Å². The van der Waals surface area contributed by atoms with Crippen LogP contribution < -0.4 is 0 Å². The Morgan fingerprint density at radius 3 is 2.74 bits per heavy atom. The number of benzene rings is 1. The summed E-state index contributed by atoms with van der Waals surface area (Å²) in [5.41, 5.74) is 0.677. The van der Waals surface area contributed by atoms with Crippen molar-refractivity contribution in [1.82, 2.24) is 4.90 Å². The molecular weight excluding hydrogens is 282 g/mol. The van der Waals surface area contributed by atoms with E-state index in [9.17, 15) is 9.59 Å². The molecule has 1 saturated heterocycles. The molecule has 2 rings (SSSR count). The van der Waals surface area contributed by atoms with Gasteiger partial charge in [0.1, 0.15) is 4.32 Å². The van der Waals surface area contributed by atoms with Gasteiger partial charge >= 0.3 is 5.97 Å². The summed E-state index contributed by atoms with van der Waals surface area (Å²) in [6.45, 7) is 2.36. The average molecular weight is 293 g/mol. The van der Waals surface area contributed by atoms with E-state index in [0.29, 0.717) is 21.3 Å². The highest BCUT2D eigenvalue weighted by Gasteiger charge is 2.30. The number of aromatic carboxylic acids is 1. The van der Waals surface area contributed by atoms with E-state index in [1.54, 1.807) is 24.3 Å². The van der Waals surface area contributed by atoms with Gasteiger partial charge in [0.2, 0.25) is 0 Å². The molecule has 6 heteroatoms. The third-order valence-corrected chi connectivity index (χ3v) is 4.05. The Bertz CT molecular complexity index is 595. The van der Waals surface area contributed by atoms with E-state index in [1.807, 2.05) is 6.92 Å².